The van der Waals surface area contributed by atoms with Crippen LogP contribution in [0.3, 0.4) is 0 Å². The number of thiol groups is 1. The largest absolute Gasteiger partial charge is 0.378 e. The van der Waals surface area contributed by atoms with E-state index in [0.717, 1.165) is 34.5 Å². The van der Waals surface area contributed by atoms with Gasteiger partial charge in [-0.15, -0.1) is 12.6 Å². The lowest BCUT2D eigenvalue weighted by atomic mass is 10.0. The number of nitrogens with two attached hydrogens (primary N) is 2. The van der Waals surface area contributed by atoms with Crippen LogP contribution in [-0.2, 0) is 22.4 Å². The highest BCUT2D eigenvalue weighted by molar-refractivity contribution is 7.80. The fraction of sp³-hybridized carbons (Fsp3) is 0.455. The lowest BCUT2D eigenvalue weighted by molar-refractivity contribution is 0.0538. The molecule has 0 aromatic heterocycles. The van der Waals surface area contributed by atoms with Gasteiger partial charge in [0.05, 0.1) is 26.4 Å². The van der Waals surface area contributed by atoms with Crippen LogP contribution in [0.1, 0.15) is 11.1 Å². The van der Waals surface area contributed by atoms with Crippen LogP contribution in [0.5, 0.6) is 0 Å². The van der Waals surface area contributed by atoms with E-state index in [1.165, 1.54) is 11.1 Å². The number of hydrogen-bond acceptors (Lipinski definition) is 6. The Hall–Kier alpha value is -0.830. The van der Waals surface area contributed by atoms with Gasteiger partial charge in [0.1, 0.15) is 0 Å². The number of rotatable bonds is 7. The molecule has 0 spiro atoms. The summed E-state index contributed by atoms with van der Waals surface area (Å²) in [4.78, 5) is 3.28. The van der Waals surface area contributed by atoms with Crippen LogP contribution in [0.15, 0.2) is 47.4 Å². The minimum atomic E-state index is 0.566. The summed E-state index contributed by atoms with van der Waals surface area (Å²) in [6.45, 7) is 5.58. The Balaban J connectivity index is 0.000000237. The number of likely N-dealkylation sites (N-methyl/N-ethyl adjacent to an activating group) is 1. The predicted molar refractivity (Wildman–Crippen MR) is 130 cm³/mol. The number of fused-ring (bicyclic) bond motifs is 1. The van der Waals surface area contributed by atoms with Crippen molar-refractivity contribution in [3.8, 4) is 0 Å². The molecule has 0 unspecified atom stereocenters. The molecule has 3 rings (SSSR count). The van der Waals surface area contributed by atoms with Crippen molar-refractivity contribution in [1.29, 1.82) is 0 Å². The van der Waals surface area contributed by atoms with E-state index in [1.807, 2.05) is 42.5 Å². The fourth-order valence-corrected chi connectivity index (χ4v) is 3.40. The maximum atomic E-state index is 6.10. The van der Waals surface area contributed by atoms with Gasteiger partial charge >= 0.3 is 0 Å². The first-order valence-corrected chi connectivity index (χ1v) is 11.1. The Kier molecular flexibility index (Phi) is 15.2. The maximum absolute atomic E-state index is 6.10. The number of benzene rings is 2. The Morgan fingerprint density at radius 2 is 1.57 bits per heavy atom. The highest BCUT2D eigenvalue weighted by Gasteiger charge is 2.16. The molecule has 1 heterocycles. The van der Waals surface area contributed by atoms with Gasteiger partial charge in [0.15, 0.2) is 0 Å². The standard InChI is InChI=1S/C10H11Cl2N.C6H16N2O2.C6H6S/c1-13-3-2-7-4-8(11)5-10(12)9(7)6-13;7-1-3-9-5-6-10-4-2-8;7-6-4-2-1-3-5-6/h4-5H,2-3,6H2,1H3;1-8H2;1-5,7H. The second-order valence-electron chi connectivity index (χ2n) is 6.65. The zero-order chi connectivity index (χ0) is 22.2. The third-order valence-electron chi connectivity index (χ3n) is 4.10. The van der Waals surface area contributed by atoms with Crippen molar-refractivity contribution < 1.29 is 9.47 Å². The SMILES string of the molecule is CN1CCc2cc(Cl)cc(Cl)c2C1.NCCOCCOCCN.Sc1ccccc1. The van der Waals surface area contributed by atoms with Gasteiger partial charge in [0.25, 0.3) is 0 Å². The Morgan fingerprint density at radius 3 is 2.07 bits per heavy atom. The number of ether oxygens (including phenoxy) is 2. The van der Waals surface area contributed by atoms with Crippen molar-refractivity contribution >= 4 is 35.8 Å². The van der Waals surface area contributed by atoms with E-state index in [9.17, 15) is 0 Å². The summed E-state index contributed by atoms with van der Waals surface area (Å²) >= 11 is 16.1. The summed E-state index contributed by atoms with van der Waals surface area (Å²) in [6, 6.07) is 13.6. The van der Waals surface area contributed by atoms with E-state index in [-0.39, 0.29) is 0 Å². The molecule has 0 saturated heterocycles. The summed E-state index contributed by atoms with van der Waals surface area (Å²) in [5, 5.41) is 1.54. The molecule has 0 amide bonds. The average Bonchev–Trinajstić information content (AvgIpc) is 2.73. The molecule has 0 bridgehead atoms. The molecule has 2 aromatic carbocycles. The smallest absolute Gasteiger partial charge is 0.0701 e. The first-order valence-electron chi connectivity index (χ1n) is 9.92. The molecule has 2 aromatic rings. The molecule has 0 fully saturated rings. The van der Waals surface area contributed by atoms with Crippen molar-refractivity contribution in [2.24, 2.45) is 11.5 Å². The molecule has 0 atom stereocenters. The second kappa shape index (κ2) is 16.8. The lowest BCUT2D eigenvalue weighted by Crippen LogP contribution is -2.26. The van der Waals surface area contributed by atoms with Crippen LogP contribution >= 0.6 is 35.8 Å². The van der Waals surface area contributed by atoms with Gasteiger partial charge in [-0.2, -0.15) is 0 Å². The molecule has 1 aliphatic heterocycles. The van der Waals surface area contributed by atoms with Crippen LogP contribution in [0.25, 0.3) is 0 Å². The van der Waals surface area contributed by atoms with Crippen LogP contribution < -0.4 is 11.5 Å². The summed E-state index contributed by atoms with van der Waals surface area (Å²) in [5.74, 6) is 0. The molecule has 30 heavy (non-hydrogen) atoms. The zero-order valence-electron chi connectivity index (χ0n) is 17.5. The minimum absolute atomic E-state index is 0.566. The van der Waals surface area contributed by atoms with Gasteiger partial charge in [-0.05, 0) is 48.9 Å². The summed E-state index contributed by atoms with van der Waals surface area (Å²) in [7, 11) is 2.11. The molecule has 8 heteroatoms. The summed E-state index contributed by atoms with van der Waals surface area (Å²) in [5.41, 5.74) is 12.9. The van der Waals surface area contributed by atoms with Crippen molar-refractivity contribution in [2.75, 3.05) is 53.1 Å². The summed E-state index contributed by atoms with van der Waals surface area (Å²) < 4.78 is 10.1. The topological polar surface area (TPSA) is 73.7 Å². The number of halogens is 2. The molecule has 168 valence electrons. The van der Waals surface area contributed by atoms with E-state index in [2.05, 4.69) is 24.6 Å². The third-order valence-corrected chi connectivity index (χ3v) is 4.95. The molecule has 0 radical (unpaired) electrons. The fourth-order valence-electron chi connectivity index (χ4n) is 2.63. The first-order chi connectivity index (χ1) is 14.5. The second-order valence-corrected chi connectivity index (χ2v) is 8.01. The van der Waals surface area contributed by atoms with Gasteiger partial charge in [-0.1, -0.05) is 41.4 Å². The van der Waals surface area contributed by atoms with Crippen molar-refractivity contribution in [3.63, 3.8) is 0 Å². The monoisotopic (exact) mass is 473 g/mol. The van der Waals surface area contributed by atoms with Crippen molar-refractivity contribution in [3.05, 3.63) is 63.6 Å². The Morgan fingerprint density at radius 1 is 0.967 bits per heavy atom. The van der Waals surface area contributed by atoms with Crippen LogP contribution in [0, 0.1) is 0 Å². The van der Waals surface area contributed by atoms with E-state index in [0.29, 0.717) is 39.5 Å². The van der Waals surface area contributed by atoms with Crippen LogP contribution in [-0.4, -0.2) is 58.0 Å². The highest BCUT2D eigenvalue weighted by atomic mass is 35.5. The average molecular weight is 474 g/mol. The first kappa shape index (κ1) is 27.2. The highest BCUT2D eigenvalue weighted by Crippen LogP contribution is 2.29. The molecular formula is C22H33Cl2N3O2S. The Bertz CT molecular complexity index is 700. The van der Waals surface area contributed by atoms with Gasteiger partial charge in [-0.3, -0.25) is 0 Å². The van der Waals surface area contributed by atoms with Gasteiger partial charge in [0, 0.05) is 41.1 Å². The van der Waals surface area contributed by atoms with E-state index in [4.69, 9.17) is 44.1 Å². The van der Waals surface area contributed by atoms with Crippen molar-refractivity contribution in [2.45, 2.75) is 17.9 Å². The van der Waals surface area contributed by atoms with E-state index >= 15 is 0 Å². The van der Waals surface area contributed by atoms with Gasteiger partial charge in [0.2, 0.25) is 0 Å². The maximum Gasteiger partial charge on any atom is 0.0701 e. The normalized spacial score (nSPS) is 12.9. The van der Waals surface area contributed by atoms with E-state index < -0.39 is 0 Å². The minimum Gasteiger partial charge on any atom is -0.378 e. The summed E-state index contributed by atoms with van der Waals surface area (Å²) in [6.07, 6.45) is 1.05. The van der Waals surface area contributed by atoms with Crippen LogP contribution in [0.4, 0.5) is 0 Å². The molecule has 0 aliphatic carbocycles. The molecule has 4 N–H and O–H groups in total. The van der Waals surface area contributed by atoms with Crippen molar-refractivity contribution in [1.82, 2.24) is 4.90 Å². The molecule has 1 aliphatic rings. The van der Waals surface area contributed by atoms with Crippen LogP contribution in [0.2, 0.25) is 10.0 Å². The molecule has 0 saturated carbocycles. The van der Waals surface area contributed by atoms with Gasteiger partial charge < -0.3 is 25.8 Å². The number of nitrogens with zero attached hydrogens (tertiary/aromatic N) is 1. The lowest BCUT2D eigenvalue weighted by Gasteiger charge is -2.25. The Labute approximate surface area is 196 Å². The van der Waals surface area contributed by atoms with Gasteiger partial charge in [-0.25, -0.2) is 0 Å². The number of hydrogen-bond donors (Lipinski definition) is 3. The quantitative estimate of drug-likeness (QED) is 0.420. The van der Waals surface area contributed by atoms with E-state index in [1.54, 1.807) is 0 Å². The predicted octanol–water partition coefficient (Wildman–Crippen LogP) is 3.89. The molecule has 5 nitrogen and oxygen atoms in total. The molecular weight excluding hydrogens is 441 g/mol. The zero-order valence-corrected chi connectivity index (χ0v) is 19.9. The third kappa shape index (κ3) is 12.1.